The van der Waals surface area contributed by atoms with E-state index >= 15 is 0 Å². The van der Waals surface area contributed by atoms with E-state index in [0.29, 0.717) is 23.5 Å². The maximum atomic E-state index is 6.00. The summed E-state index contributed by atoms with van der Waals surface area (Å²) >= 11 is 0. The average Bonchev–Trinajstić information content (AvgIpc) is 1.60. The fourth-order valence-corrected chi connectivity index (χ4v) is 13.6. The first kappa shape index (κ1) is 79.0. The van der Waals surface area contributed by atoms with Crippen LogP contribution in [-0.2, 0) is 80.4 Å². The second-order valence-electron chi connectivity index (χ2n) is 25.9. The molecule has 4 aromatic heterocycles. The second kappa shape index (κ2) is 37.7. The molecule has 14 nitrogen and oxygen atoms in total. The number of para-hydroxylation sites is 10. The Morgan fingerprint density at radius 1 is 0.345 bits per heavy atom. The van der Waals surface area contributed by atoms with Crippen molar-refractivity contribution in [1.29, 1.82) is 0 Å². The molecule has 1 fully saturated rings. The molecule has 1 aliphatic carbocycles. The van der Waals surface area contributed by atoms with E-state index in [1.165, 1.54) is 48.2 Å². The molecular weight excluding hydrogens is 2070 g/mol. The SMILES string of the molecule is CC(C)c1ccnc2c1N(c1ccccc1)[CH-]N2c1[c-]cccc1.[Ir].[Ir].[Ir].[Ir].[c-]1ccccc1N1[CH-]N(c2ccccc2)c2c(C3CCCC3)ccnc21.[c-]1ccccc1N1[CH-]N(c2ccccc2)c2cc(Oc3ccccc3)cnc21.[c-]1ccccc1N1[CH-]N(c2ccccc2)c2ccc(Oc3ccccc3)nc21. The summed E-state index contributed by atoms with van der Waals surface area (Å²) in [5, 5.41) is 0. The van der Waals surface area contributed by atoms with Gasteiger partial charge in [-0.25, -0.2) is 15.0 Å². The number of benzene rings is 10. The quantitative estimate of drug-likeness (QED) is 0.0967. The van der Waals surface area contributed by atoms with Crippen LogP contribution in [0.2, 0.25) is 0 Å². The van der Waals surface area contributed by atoms with Crippen molar-refractivity contribution in [1.82, 2.24) is 19.9 Å². The fourth-order valence-electron chi connectivity index (χ4n) is 13.6. The summed E-state index contributed by atoms with van der Waals surface area (Å²) < 4.78 is 11.9. The van der Waals surface area contributed by atoms with Crippen LogP contribution in [0.3, 0.4) is 0 Å². The topological polar surface area (TPSA) is 95.9 Å². The van der Waals surface area contributed by atoms with Crippen molar-refractivity contribution in [2.24, 2.45) is 0 Å². The van der Waals surface area contributed by atoms with E-state index in [9.17, 15) is 0 Å². The van der Waals surface area contributed by atoms with Gasteiger partial charge in [0.25, 0.3) is 0 Å². The molecule has 1 saturated carbocycles. The molecule has 4 aliphatic heterocycles. The number of hydrogen-bond acceptors (Lipinski definition) is 14. The van der Waals surface area contributed by atoms with Gasteiger partial charge in [0.05, 0.1) is 28.9 Å². The molecule has 110 heavy (non-hydrogen) atoms. The van der Waals surface area contributed by atoms with E-state index in [1.54, 1.807) is 6.20 Å². The molecule has 18 heteroatoms. The molecule has 0 bridgehead atoms. The van der Waals surface area contributed by atoms with Crippen molar-refractivity contribution in [2.45, 2.75) is 51.4 Å². The van der Waals surface area contributed by atoms with Crippen LogP contribution in [0.5, 0.6) is 23.1 Å². The molecule has 5 aliphatic rings. The van der Waals surface area contributed by atoms with Gasteiger partial charge in [0.1, 0.15) is 40.5 Å². The van der Waals surface area contributed by atoms with Crippen molar-refractivity contribution < 1.29 is 89.9 Å². The van der Waals surface area contributed by atoms with Crippen LogP contribution in [0.1, 0.15) is 62.5 Å². The molecule has 19 rings (SSSR count). The Balaban J connectivity index is 0.000000135. The van der Waals surface area contributed by atoms with E-state index in [-0.39, 0.29) is 80.4 Å². The number of hydrogen-bond donors (Lipinski definition) is 0. The molecule has 558 valence electrons. The molecule has 4 radical (unpaired) electrons. The Morgan fingerprint density at radius 3 is 1.18 bits per heavy atom. The van der Waals surface area contributed by atoms with Crippen LogP contribution in [0.4, 0.5) is 91.5 Å². The van der Waals surface area contributed by atoms with Crippen LogP contribution >= 0.6 is 0 Å². The molecule has 0 atom stereocenters. The zero-order valence-electron chi connectivity index (χ0n) is 60.0. The Morgan fingerprint density at radius 2 is 0.727 bits per heavy atom. The minimum atomic E-state index is 0. The van der Waals surface area contributed by atoms with Gasteiger partial charge in [-0.2, -0.15) is 126 Å². The van der Waals surface area contributed by atoms with Crippen molar-refractivity contribution in [3.8, 4) is 23.1 Å². The van der Waals surface area contributed by atoms with Gasteiger partial charge in [0.15, 0.2) is 0 Å². The van der Waals surface area contributed by atoms with Gasteiger partial charge in [0.2, 0.25) is 5.88 Å². The van der Waals surface area contributed by atoms with Crippen molar-refractivity contribution in [2.75, 3.05) is 39.2 Å². The summed E-state index contributed by atoms with van der Waals surface area (Å²) in [5.41, 5.74) is 15.3. The zero-order chi connectivity index (χ0) is 71.4. The molecule has 8 heterocycles. The minimum Gasteiger partial charge on any atom is -0.478 e. The van der Waals surface area contributed by atoms with Gasteiger partial charge < -0.3 is 48.7 Å². The third-order valence-electron chi connectivity index (χ3n) is 18.7. The predicted molar refractivity (Wildman–Crippen MR) is 426 cm³/mol. The molecular formula is C92H74Ir4N12O2-8. The third-order valence-corrected chi connectivity index (χ3v) is 18.7. The number of pyridine rings is 4. The maximum absolute atomic E-state index is 6.00. The fraction of sp³-hybridized carbons (Fsp3) is 0.0870. The molecule has 0 N–H and O–H groups in total. The monoisotopic (exact) mass is 2150 g/mol. The largest absolute Gasteiger partial charge is 0.478 e. The summed E-state index contributed by atoms with van der Waals surface area (Å²) in [7, 11) is 0. The number of rotatable bonds is 14. The zero-order valence-corrected chi connectivity index (χ0v) is 69.6. The van der Waals surface area contributed by atoms with Gasteiger partial charge >= 0.3 is 0 Å². The van der Waals surface area contributed by atoms with Crippen LogP contribution in [0.15, 0.2) is 328 Å². The van der Waals surface area contributed by atoms with Gasteiger partial charge in [-0.1, -0.05) is 136 Å². The van der Waals surface area contributed by atoms with Gasteiger partial charge in [-0.3, -0.25) is 0 Å². The molecule has 0 amide bonds. The molecule has 0 unspecified atom stereocenters. The van der Waals surface area contributed by atoms with E-state index in [0.717, 1.165) is 91.6 Å². The predicted octanol–water partition coefficient (Wildman–Crippen LogP) is 23.5. The van der Waals surface area contributed by atoms with Crippen LogP contribution in [0, 0.1) is 50.9 Å². The summed E-state index contributed by atoms with van der Waals surface area (Å²) in [6.07, 6.45) is 10.8. The van der Waals surface area contributed by atoms with E-state index in [1.807, 2.05) is 242 Å². The first-order valence-electron chi connectivity index (χ1n) is 35.7. The summed E-state index contributed by atoms with van der Waals surface area (Å²) in [5.74, 6) is 7.43. The summed E-state index contributed by atoms with van der Waals surface area (Å²) in [6, 6.07) is 116. The first-order valence-corrected chi connectivity index (χ1v) is 35.7. The van der Waals surface area contributed by atoms with E-state index < -0.39 is 0 Å². The molecule has 14 aromatic rings. The number of anilines is 16. The Labute approximate surface area is 699 Å². The first-order chi connectivity index (χ1) is 52.4. The summed E-state index contributed by atoms with van der Waals surface area (Å²) in [4.78, 5) is 36.0. The van der Waals surface area contributed by atoms with Crippen LogP contribution in [0.25, 0.3) is 0 Å². The Hall–Kier alpha value is -10.6. The maximum Gasteiger partial charge on any atom is 0.221 e. The Bertz CT molecular complexity index is 5000. The van der Waals surface area contributed by atoms with Crippen molar-refractivity contribution >= 4 is 91.5 Å². The van der Waals surface area contributed by atoms with E-state index in [4.69, 9.17) is 24.4 Å². The standard InChI is InChI=1S/2C24H17N3O.C23H21N3.C21H19N3.4Ir/c1-4-10-19(11-5-1)26-18-27(20-12-6-2-7-13-20)24-23(26)16-22(17-25-24)28-21-14-8-3-9-15-21;1-4-10-19(11-5-1)26-18-27(20-12-6-2-7-13-20)24-22(26)16-17-23(25-24)28-21-14-8-3-9-15-21;1-3-11-19(12-4-1)25-17-26(20-13-5-2-6-14-20)23-22(25)21(15-16-24-23)18-9-7-8-10-18;1-16(2)19-13-14-22-21-20(19)23(17-9-5-3-6-10-17)15-24(21)18-11-7-4-8-12-18;;;;/h2*1-12,14-18H;1-6,11-13,15-18H,7-10H2;3-11,13-16H,1-2H3;;;;/q4*-2;;;;. The van der Waals surface area contributed by atoms with Gasteiger partial charge in [-0.05, 0) is 127 Å². The van der Waals surface area contributed by atoms with Gasteiger partial charge in [-0.15, -0.1) is 49.4 Å². The average molecular weight is 2150 g/mol. The Kier molecular flexibility index (Phi) is 27.0. The third kappa shape index (κ3) is 17.7. The molecule has 0 saturated heterocycles. The molecule has 10 aromatic carbocycles. The number of ether oxygens (including phenoxy) is 2. The van der Waals surface area contributed by atoms with Crippen LogP contribution in [-0.4, -0.2) is 19.9 Å². The smallest absolute Gasteiger partial charge is 0.221 e. The number of nitrogens with zero attached hydrogens (tertiary/aromatic N) is 12. The number of fused-ring (bicyclic) bond motifs is 4. The van der Waals surface area contributed by atoms with Crippen LogP contribution < -0.4 is 48.7 Å². The minimum absolute atomic E-state index is 0. The summed E-state index contributed by atoms with van der Waals surface area (Å²) in [6.45, 7) is 12.8. The van der Waals surface area contributed by atoms with E-state index in [2.05, 4.69) is 189 Å². The van der Waals surface area contributed by atoms with Crippen molar-refractivity contribution in [3.63, 3.8) is 0 Å². The molecule has 0 spiro atoms. The second-order valence-corrected chi connectivity index (χ2v) is 25.9. The number of aromatic nitrogens is 4. The van der Waals surface area contributed by atoms with Gasteiger partial charge in [0, 0.05) is 128 Å². The normalized spacial score (nSPS) is 13.4. The van der Waals surface area contributed by atoms with Crippen molar-refractivity contribution in [3.05, 3.63) is 390 Å².